The van der Waals surface area contributed by atoms with Crippen molar-refractivity contribution in [1.82, 2.24) is 14.5 Å². The van der Waals surface area contributed by atoms with E-state index in [2.05, 4.69) is 54.4 Å². The molecule has 0 aromatic heterocycles. The van der Waals surface area contributed by atoms with Gasteiger partial charge in [0.1, 0.15) is 0 Å². The summed E-state index contributed by atoms with van der Waals surface area (Å²) in [6, 6.07) is 0. The molecule has 0 radical (unpaired) electrons. The third-order valence-electron chi connectivity index (χ3n) is 2.50. The zero-order valence-electron chi connectivity index (χ0n) is 11.3. The Bertz CT molecular complexity index is 154. The van der Waals surface area contributed by atoms with Crippen LogP contribution in [0.2, 0.25) is 0 Å². The summed E-state index contributed by atoms with van der Waals surface area (Å²) in [5.74, 6) is 0. The monoisotopic (exact) mass is 235 g/mol. The lowest BCUT2D eigenvalue weighted by Gasteiger charge is -2.37. The fourth-order valence-corrected chi connectivity index (χ4v) is 1.79. The van der Waals surface area contributed by atoms with Gasteiger partial charge in [-0.15, -0.1) is 0 Å². The van der Waals surface area contributed by atoms with Gasteiger partial charge >= 0.3 is 0 Å². The lowest BCUT2D eigenvalue weighted by atomic mass is 10.4. The van der Waals surface area contributed by atoms with Crippen molar-refractivity contribution in [3.05, 3.63) is 0 Å². The molecule has 0 saturated heterocycles. The molecule has 1 N–H and O–H groups in total. The average molecular weight is 235 g/mol. The number of nitrogens with one attached hydrogen (secondary N) is 1. The quantitative estimate of drug-likeness (QED) is 0.635. The largest absolute Gasteiger partial charge is 0.315 e. The van der Waals surface area contributed by atoms with E-state index in [1.165, 1.54) is 13.0 Å². The van der Waals surface area contributed by atoms with Gasteiger partial charge in [-0.05, 0) is 59.4 Å². The third kappa shape index (κ3) is 9.18. The molecule has 0 spiro atoms. The van der Waals surface area contributed by atoms with Crippen molar-refractivity contribution in [2.75, 3.05) is 66.1 Å². The maximum absolute atomic E-state index is 3.49. The van der Waals surface area contributed by atoms with Crippen LogP contribution in [0.4, 0.5) is 0 Å². The van der Waals surface area contributed by atoms with Gasteiger partial charge in [0.2, 0.25) is 0 Å². The van der Waals surface area contributed by atoms with Gasteiger partial charge in [0.25, 0.3) is 0 Å². The predicted molar refractivity (Wildman–Crippen MR) is 74.0 cm³/mol. The van der Waals surface area contributed by atoms with Crippen LogP contribution in [0, 0.1) is 0 Å². The first-order valence-corrected chi connectivity index (χ1v) is 8.40. The minimum Gasteiger partial charge on any atom is -0.315 e. The maximum atomic E-state index is 3.49. The fourth-order valence-electron chi connectivity index (χ4n) is 1.16. The van der Waals surface area contributed by atoms with Crippen molar-refractivity contribution in [1.29, 1.82) is 0 Å². The van der Waals surface area contributed by atoms with Crippen LogP contribution in [0.5, 0.6) is 0 Å². The van der Waals surface area contributed by atoms with Gasteiger partial charge < -0.3 is 10.2 Å². The van der Waals surface area contributed by atoms with Crippen LogP contribution in [-0.4, -0.2) is 75.3 Å². The standard InChI is InChI=1S/C11H29N3S/c1-13(2)10-7-8-12-9-11-14(3)15(4,5)6/h12H,7-11H2,1-6H3. The Morgan fingerprint density at radius 2 is 1.53 bits per heavy atom. The summed E-state index contributed by atoms with van der Waals surface area (Å²) in [5, 5.41) is 3.49. The van der Waals surface area contributed by atoms with Crippen LogP contribution in [0.15, 0.2) is 0 Å². The van der Waals surface area contributed by atoms with Crippen molar-refractivity contribution < 1.29 is 0 Å². The van der Waals surface area contributed by atoms with E-state index in [9.17, 15) is 0 Å². The lowest BCUT2D eigenvalue weighted by molar-refractivity contribution is 0.392. The van der Waals surface area contributed by atoms with Gasteiger partial charge in [0.05, 0.1) is 0 Å². The van der Waals surface area contributed by atoms with E-state index in [1.54, 1.807) is 0 Å². The van der Waals surface area contributed by atoms with E-state index >= 15 is 0 Å². The number of nitrogens with zero attached hydrogens (tertiary/aromatic N) is 2. The summed E-state index contributed by atoms with van der Waals surface area (Å²) >= 11 is 0. The molecule has 3 nitrogen and oxygen atoms in total. The molecule has 15 heavy (non-hydrogen) atoms. The normalized spacial score (nSPS) is 13.9. The molecule has 0 aliphatic heterocycles. The molecule has 0 aliphatic carbocycles. The second-order valence-electron chi connectivity index (χ2n) is 5.03. The van der Waals surface area contributed by atoms with Crippen LogP contribution >= 0.6 is 10.2 Å². The highest BCUT2D eigenvalue weighted by molar-refractivity contribution is 8.30. The second-order valence-corrected chi connectivity index (χ2v) is 9.20. The van der Waals surface area contributed by atoms with Crippen molar-refractivity contribution in [2.24, 2.45) is 0 Å². The van der Waals surface area contributed by atoms with Crippen LogP contribution in [0.25, 0.3) is 0 Å². The van der Waals surface area contributed by atoms with E-state index in [0.29, 0.717) is 0 Å². The molecule has 0 saturated carbocycles. The van der Waals surface area contributed by atoms with E-state index in [0.717, 1.165) is 19.6 Å². The Morgan fingerprint density at radius 3 is 2.00 bits per heavy atom. The minimum absolute atomic E-state index is 0.524. The second kappa shape index (κ2) is 7.49. The van der Waals surface area contributed by atoms with E-state index in [1.807, 2.05) is 0 Å². The smallest absolute Gasteiger partial charge is 0.0196 e. The van der Waals surface area contributed by atoms with Crippen molar-refractivity contribution >= 4 is 10.2 Å². The van der Waals surface area contributed by atoms with Crippen LogP contribution in [-0.2, 0) is 0 Å². The molecule has 0 amide bonds. The van der Waals surface area contributed by atoms with E-state index < -0.39 is 10.2 Å². The molecule has 0 fully saturated rings. The van der Waals surface area contributed by atoms with Crippen LogP contribution in [0.3, 0.4) is 0 Å². The zero-order valence-corrected chi connectivity index (χ0v) is 12.2. The summed E-state index contributed by atoms with van der Waals surface area (Å²) in [6.07, 6.45) is 8.23. The molecular weight excluding hydrogens is 206 g/mol. The van der Waals surface area contributed by atoms with Gasteiger partial charge in [0.15, 0.2) is 0 Å². The molecule has 0 unspecified atom stereocenters. The van der Waals surface area contributed by atoms with Crippen molar-refractivity contribution in [2.45, 2.75) is 6.42 Å². The lowest BCUT2D eigenvalue weighted by Crippen LogP contribution is -2.31. The van der Waals surface area contributed by atoms with E-state index in [-0.39, 0.29) is 0 Å². The highest BCUT2D eigenvalue weighted by atomic mass is 32.3. The van der Waals surface area contributed by atoms with Gasteiger partial charge in [-0.1, -0.05) is 0 Å². The van der Waals surface area contributed by atoms with Crippen molar-refractivity contribution in [3.8, 4) is 0 Å². The minimum atomic E-state index is -0.524. The molecule has 0 heterocycles. The molecule has 0 atom stereocenters. The molecule has 0 aromatic rings. The summed E-state index contributed by atoms with van der Waals surface area (Å²) in [7, 11) is 5.94. The SMILES string of the molecule is CN(C)CCCNCCN(C)S(C)(C)C. The number of likely N-dealkylation sites (N-methyl/N-ethyl adjacent to an activating group) is 1. The number of hydrogen-bond donors (Lipinski definition) is 1. The molecule has 4 heteroatoms. The molecule has 94 valence electrons. The van der Waals surface area contributed by atoms with Gasteiger partial charge in [-0.2, -0.15) is 10.2 Å². The Morgan fingerprint density at radius 1 is 0.933 bits per heavy atom. The summed E-state index contributed by atoms with van der Waals surface area (Å²) in [5.41, 5.74) is 0. The third-order valence-corrected chi connectivity index (χ3v) is 4.55. The fraction of sp³-hybridized carbons (Fsp3) is 1.00. The summed E-state index contributed by atoms with van der Waals surface area (Å²) < 4.78 is 2.46. The van der Waals surface area contributed by atoms with Gasteiger partial charge in [-0.3, -0.25) is 4.31 Å². The van der Waals surface area contributed by atoms with Crippen LogP contribution in [0.1, 0.15) is 6.42 Å². The van der Waals surface area contributed by atoms with Crippen molar-refractivity contribution in [3.63, 3.8) is 0 Å². The summed E-state index contributed by atoms with van der Waals surface area (Å²) in [4.78, 5) is 2.23. The Balaban J connectivity index is 3.32. The number of rotatable bonds is 8. The first-order valence-electron chi connectivity index (χ1n) is 5.59. The Kier molecular flexibility index (Phi) is 7.61. The van der Waals surface area contributed by atoms with Gasteiger partial charge in [-0.25, -0.2) is 0 Å². The average Bonchev–Trinajstić information content (AvgIpc) is 2.08. The highest BCUT2D eigenvalue weighted by Crippen LogP contribution is 2.37. The Labute approximate surface area is 97.7 Å². The molecule has 0 aromatic carbocycles. The first kappa shape index (κ1) is 15.2. The van der Waals surface area contributed by atoms with E-state index in [4.69, 9.17) is 0 Å². The highest BCUT2D eigenvalue weighted by Gasteiger charge is 2.09. The molecule has 0 aliphatic rings. The predicted octanol–water partition coefficient (Wildman–Crippen LogP) is 1.07. The maximum Gasteiger partial charge on any atom is 0.0196 e. The number of hydrogen-bond acceptors (Lipinski definition) is 3. The molecular formula is C11H29N3S. The van der Waals surface area contributed by atoms with Crippen LogP contribution < -0.4 is 5.32 Å². The molecule has 0 rings (SSSR count). The summed E-state index contributed by atoms with van der Waals surface area (Å²) in [6.45, 7) is 4.56. The first-order chi connectivity index (χ1) is 6.84. The van der Waals surface area contributed by atoms with Gasteiger partial charge in [0, 0.05) is 13.1 Å². The molecule has 0 bridgehead atoms. The zero-order chi connectivity index (χ0) is 11.9. The topological polar surface area (TPSA) is 18.5 Å². The Hall–Kier alpha value is 0.230.